The summed E-state index contributed by atoms with van der Waals surface area (Å²) in [7, 11) is 1.85. The molecule has 0 aromatic carbocycles. The molecule has 0 saturated heterocycles. The molecular weight excluding hydrogens is 278 g/mol. The highest BCUT2D eigenvalue weighted by molar-refractivity contribution is 5.89. The van der Waals surface area contributed by atoms with Crippen molar-refractivity contribution in [1.82, 2.24) is 14.8 Å². The second-order valence-electron chi connectivity index (χ2n) is 5.89. The van der Waals surface area contributed by atoms with Crippen molar-refractivity contribution >= 4 is 11.7 Å². The molecule has 1 fully saturated rings. The van der Waals surface area contributed by atoms with Crippen molar-refractivity contribution in [3.8, 4) is 0 Å². The van der Waals surface area contributed by atoms with Gasteiger partial charge in [-0.25, -0.2) is 0 Å². The van der Waals surface area contributed by atoms with Crippen LogP contribution in [0.1, 0.15) is 37.3 Å². The molecule has 6 nitrogen and oxygen atoms in total. The van der Waals surface area contributed by atoms with Crippen LogP contribution in [0, 0.1) is 0 Å². The Hall–Kier alpha value is -2.37. The maximum atomic E-state index is 12.4. The third kappa shape index (κ3) is 2.56. The van der Waals surface area contributed by atoms with Gasteiger partial charge in [-0.2, -0.15) is 5.10 Å². The summed E-state index contributed by atoms with van der Waals surface area (Å²) < 4.78 is 1.70. The molecule has 22 heavy (non-hydrogen) atoms. The summed E-state index contributed by atoms with van der Waals surface area (Å²) in [6, 6.07) is 7.65. The number of hydrogen-bond acceptors (Lipinski definition) is 4. The van der Waals surface area contributed by atoms with E-state index in [2.05, 4.69) is 15.4 Å². The molecule has 3 rings (SSSR count). The lowest BCUT2D eigenvalue weighted by molar-refractivity contribution is -0.124. The van der Waals surface area contributed by atoms with E-state index in [4.69, 9.17) is 5.73 Å². The molecule has 116 valence electrons. The Kier molecular flexibility index (Phi) is 3.83. The van der Waals surface area contributed by atoms with Gasteiger partial charge >= 0.3 is 0 Å². The van der Waals surface area contributed by atoms with Crippen LogP contribution in [0.3, 0.4) is 0 Å². The first-order valence-corrected chi connectivity index (χ1v) is 7.60. The minimum Gasteiger partial charge on any atom is -0.368 e. The van der Waals surface area contributed by atoms with Crippen LogP contribution >= 0.6 is 0 Å². The van der Waals surface area contributed by atoms with E-state index in [1.807, 2.05) is 37.5 Å². The highest BCUT2D eigenvalue weighted by Crippen LogP contribution is 2.42. The van der Waals surface area contributed by atoms with Crippen LogP contribution in [-0.4, -0.2) is 26.2 Å². The zero-order chi connectivity index (χ0) is 15.6. The summed E-state index contributed by atoms with van der Waals surface area (Å²) in [5, 5.41) is 7.65. The molecule has 1 aliphatic rings. The van der Waals surface area contributed by atoms with E-state index in [9.17, 15) is 4.79 Å². The van der Waals surface area contributed by atoms with Crippen molar-refractivity contribution in [1.29, 1.82) is 0 Å². The first kappa shape index (κ1) is 14.6. The molecule has 2 atom stereocenters. The lowest BCUT2D eigenvalue weighted by Crippen LogP contribution is -2.56. The highest BCUT2D eigenvalue weighted by atomic mass is 16.1. The van der Waals surface area contributed by atoms with E-state index in [0.717, 1.165) is 25.0 Å². The van der Waals surface area contributed by atoms with Gasteiger partial charge in [0.1, 0.15) is 11.4 Å². The second-order valence-corrected chi connectivity index (χ2v) is 5.89. The third-order valence-corrected chi connectivity index (χ3v) is 4.46. The highest BCUT2D eigenvalue weighted by Gasteiger charge is 2.47. The van der Waals surface area contributed by atoms with Crippen molar-refractivity contribution in [2.75, 3.05) is 5.32 Å². The SMILES string of the molecule is Cn1ccc(NC2(C(N)=O)CCCCC2c2ccccn2)n1. The van der Waals surface area contributed by atoms with E-state index in [-0.39, 0.29) is 11.8 Å². The number of carbonyl (C=O) groups is 1. The zero-order valence-corrected chi connectivity index (χ0v) is 12.7. The molecule has 0 spiro atoms. The quantitative estimate of drug-likeness (QED) is 0.901. The first-order valence-electron chi connectivity index (χ1n) is 7.60. The molecular formula is C16H21N5O. The Morgan fingerprint density at radius 3 is 2.91 bits per heavy atom. The van der Waals surface area contributed by atoms with Crippen LogP contribution in [0.15, 0.2) is 36.7 Å². The molecule has 2 aromatic rings. The number of nitrogens with two attached hydrogens (primary N) is 1. The summed E-state index contributed by atoms with van der Waals surface area (Å²) in [5.74, 6) is 0.291. The monoisotopic (exact) mass is 299 g/mol. The van der Waals surface area contributed by atoms with Crippen LogP contribution in [0.2, 0.25) is 0 Å². The fourth-order valence-electron chi connectivity index (χ4n) is 3.37. The van der Waals surface area contributed by atoms with Crippen LogP contribution in [-0.2, 0) is 11.8 Å². The second kappa shape index (κ2) is 5.79. The van der Waals surface area contributed by atoms with E-state index < -0.39 is 5.54 Å². The average molecular weight is 299 g/mol. The number of aromatic nitrogens is 3. The standard InChI is InChI=1S/C16H21N5O/c1-21-11-8-14(20-21)19-16(15(17)22)9-4-2-6-12(16)13-7-3-5-10-18-13/h3,5,7-8,10-12H,2,4,6,9H2,1H3,(H2,17,22)(H,19,20). The molecule has 3 N–H and O–H groups in total. The topological polar surface area (TPSA) is 85.8 Å². The number of amides is 1. The van der Waals surface area contributed by atoms with Gasteiger partial charge in [0.2, 0.25) is 5.91 Å². The van der Waals surface area contributed by atoms with Crippen LogP contribution < -0.4 is 11.1 Å². The lowest BCUT2D eigenvalue weighted by atomic mass is 9.70. The minimum atomic E-state index is -0.832. The van der Waals surface area contributed by atoms with Gasteiger partial charge in [-0.05, 0) is 25.0 Å². The van der Waals surface area contributed by atoms with E-state index in [1.165, 1.54) is 0 Å². The Morgan fingerprint density at radius 2 is 2.27 bits per heavy atom. The van der Waals surface area contributed by atoms with Gasteiger partial charge in [0, 0.05) is 37.1 Å². The number of aryl methyl sites for hydroxylation is 1. The van der Waals surface area contributed by atoms with E-state index >= 15 is 0 Å². The maximum absolute atomic E-state index is 12.4. The molecule has 1 aliphatic carbocycles. The Labute approximate surface area is 129 Å². The number of nitrogens with zero attached hydrogens (tertiary/aromatic N) is 3. The van der Waals surface area contributed by atoms with Crippen molar-refractivity contribution in [3.63, 3.8) is 0 Å². The summed E-state index contributed by atoms with van der Waals surface area (Å²) in [4.78, 5) is 16.8. The number of pyridine rings is 1. The van der Waals surface area contributed by atoms with Crippen molar-refractivity contribution in [2.45, 2.75) is 37.1 Å². The number of primary amides is 1. The van der Waals surface area contributed by atoms with Gasteiger partial charge in [-0.1, -0.05) is 18.9 Å². The zero-order valence-electron chi connectivity index (χ0n) is 12.7. The smallest absolute Gasteiger partial charge is 0.243 e. The van der Waals surface area contributed by atoms with Crippen LogP contribution in [0.4, 0.5) is 5.82 Å². The van der Waals surface area contributed by atoms with Gasteiger partial charge in [0.05, 0.1) is 0 Å². The molecule has 1 amide bonds. The van der Waals surface area contributed by atoms with Gasteiger partial charge in [0.25, 0.3) is 0 Å². The van der Waals surface area contributed by atoms with Crippen LogP contribution in [0.25, 0.3) is 0 Å². The van der Waals surface area contributed by atoms with Gasteiger partial charge < -0.3 is 11.1 Å². The summed E-state index contributed by atoms with van der Waals surface area (Å²) in [6.45, 7) is 0. The third-order valence-electron chi connectivity index (χ3n) is 4.46. The van der Waals surface area contributed by atoms with E-state index in [0.29, 0.717) is 12.2 Å². The average Bonchev–Trinajstić information content (AvgIpc) is 2.93. The molecule has 6 heteroatoms. The lowest BCUT2D eigenvalue weighted by Gasteiger charge is -2.42. The predicted molar refractivity (Wildman–Crippen MR) is 84.2 cm³/mol. The van der Waals surface area contributed by atoms with Crippen molar-refractivity contribution in [2.24, 2.45) is 12.8 Å². The molecule has 0 aliphatic heterocycles. The molecule has 2 unspecified atom stereocenters. The normalized spacial score (nSPS) is 24.9. The Morgan fingerprint density at radius 1 is 1.41 bits per heavy atom. The number of hydrogen-bond donors (Lipinski definition) is 2. The molecule has 0 radical (unpaired) electrons. The molecule has 2 heterocycles. The molecule has 2 aromatic heterocycles. The first-order chi connectivity index (χ1) is 10.6. The largest absolute Gasteiger partial charge is 0.368 e. The van der Waals surface area contributed by atoms with Gasteiger partial charge in [0.15, 0.2) is 0 Å². The van der Waals surface area contributed by atoms with Crippen molar-refractivity contribution in [3.05, 3.63) is 42.4 Å². The van der Waals surface area contributed by atoms with Crippen molar-refractivity contribution < 1.29 is 4.79 Å². The number of nitrogens with one attached hydrogen (secondary N) is 1. The fourth-order valence-corrected chi connectivity index (χ4v) is 3.37. The van der Waals surface area contributed by atoms with E-state index in [1.54, 1.807) is 10.9 Å². The minimum absolute atomic E-state index is 0.0399. The maximum Gasteiger partial charge on any atom is 0.243 e. The molecule has 0 bridgehead atoms. The number of anilines is 1. The number of carbonyl (C=O) groups excluding carboxylic acids is 1. The van der Waals surface area contributed by atoms with Gasteiger partial charge in [-0.15, -0.1) is 0 Å². The predicted octanol–water partition coefficient (Wildman–Crippen LogP) is 1.81. The molecule has 1 saturated carbocycles. The van der Waals surface area contributed by atoms with Crippen LogP contribution in [0.5, 0.6) is 0 Å². The summed E-state index contributed by atoms with van der Waals surface area (Å²) >= 11 is 0. The summed E-state index contributed by atoms with van der Waals surface area (Å²) in [5.41, 5.74) is 5.90. The number of rotatable bonds is 4. The Bertz CT molecular complexity index is 654. The fraction of sp³-hybridized carbons (Fsp3) is 0.438. The van der Waals surface area contributed by atoms with Gasteiger partial charge in [-0.3, -0.25) is 14.5 Å². The summed E-state index contributed by atoms with van der Waals surface area (Å²) in [6.07, 6.45) is 7.22. The Balaban J connectivity index is 2.00.